The zero-order chi connectivity index (χ0) is 26.2. The maximum atomic E-state index is 14.8. The minimum absolute atomic E-state index is 0.109. The quantitative estimate of drug-likeness (QED) is 0.425. The predicted octanol–water partition coefficient (Wildman–Crippen LogP) is 3.81. The normalized spacial score (nSPS) is 18.6. The molecule has 2 aliphatic heterocycles. The number of aromatic nitrogens is 5. The summed E-state index contributed by atoms with van der Waals surface area (Å²) in [7, 11) is 0. The van der Waals surface area contributed by atoms with Crippen molar-refractivity contribution in [1.29, 1.82) is 0 Å². The number of hydrogen-bond acceptors (Lipinski definition) is 8. The fourth-order valence-corrected chi connectivity index (χ4v) is 5.14. The van der Waals surface area contributed by atoms with E-state index in [-0.39, 0.29) is 30.0 Å². The third-order valence-corrected chi connectivity index (χ3v) is 7.35. The molecule has 6 rings (SSSR count). The third-order valence-electron chi connectivity index (χ3n) is 7.35. The first-order valence-electron chi connectivity index (χ1n) is 13.0. The highest BCUT2D eigenvalue weighted by molar-refractivity contribution is 5.92. The molecule has 1 fully saturated rings. The number of benzene rings is 1. The van der Waals surface area contributed by atoms with Gasteiger partial charge in [-0.15, -0.1) is 0 Å². The van der Waals surface area contributed by atoms with Gasteiger partial charge in [0.25, 0.3) is 0 Å². The number of halogens is 1. The van der Waals surface area contributed by atoms with Crippen molar-refractivity contribution in [1.82, 2.24) is 34.3 Å². The monoisotopic (exact) mass is 515 g/mol. The highest BCUT2D eigenvalue weighted by atomic mass is 19.1. The summed E-state index contributed by atoms with van der Waals surface area (Å²) in [4.78, 5) is 35.7. The van der Waals surface area contributed by atoms with Crippen molar-refractivity contribution in [2.75, 3.05) is 43.4 Å². The van der Waals surface area contributed by atoms with Crippen LogP contribution in [-0.4, -0.2) is 72.9 Å². The fourth-order valence-electron chi connectivity index (χ4n) is 5.14. The van der Waals surface area contributed by atoms with Gasteiger partial charge >= 0.3 is 0 Å². The number of hydrogen-bond donors (Lipinski definition) is 2. The lowest BCUT2D eigenvalue weighted by Crippen LogP contribution is -2.45. The molecule has 0 saturated carbocycles. The molecular weight excluding hydrogens is 485 g/mol. The first-order valence-corrected chi connectivity index (χ1v) is 13.0. The number of nitrogens with one attached hydrogen (secondary N) is 2. The summed E-state index contributed by atoms with van der Waals surface area (Å²) >= 11 is 0. The molecule has 0 aliphatic carbocycles. The molecule has 0 spiro atoms. The first-order chi connectivity index (χ1) is 18.5. The zero-order valence-corrected chi connectivity index (χ0v) is 21.5. The van der Waals surface area contributed by atoms with Crippen molar-refractivity contribution in [2.45, 2.75) is 32.9 Å². The van der Waals surface area contributed by atoms with Gasteiger partial charge in [-0.3, -0.25) is 9.69 Å². The Morgan fingerprint density at radius 1 is 1.03 bits per heavy atom. The van der Waals surface area contributed by atoms with Gasteiger partial charge in [0, 0.05) is 68.6 Å². The molecule has 1 atom stereocenters. The number of carbonyl (C=O) groups excluding carboxylic acids is 1. The van der Waals surface area contributed by atoms with Gasteiger partial charge in [-0.25, -0.2) is 24.3 Å². The molecule has 0 radical (unpaired) electrons. The van der Waals surface area contributed by atoms with Crippen LogP contribution in [0.1, 0.15) is 31.9 Å². The van der Waals surface area contributed by atoms with Crippen LogP contribution in [0.5, 0.6) is 0 Å². The Labute approximate surface area is 219 Å². The maximum absolute atomic E-state index is 14.8. The Morgan fingerprint density at radius 3 is 2.66 bits per heavy atom. The van der Waals surface area contributed by atoms with E-state index in [4.69, 9.17) is 0 Å². The van der Waals surface area contributed by atoms with Crippen LogP contribution in [0, 0.1) is 5.82 Å². The van der Waals surface area contributed by atoms with Gasteiger partial charge in [-0.05, 0) is 25.6 Å². The van der Waals surface area contributed by atoms with Crippen LogP contribution in [-0.2, 0) is 11.3 Å². The Balaban J connectivity index is 1.38. The molecule has 1 unspecified atom stereocenters. The number of piperazine rings is 1. The van der Waals surface area contributed by atoms with E-state index < -0.39 is 5.82 Å². The van der Waals surface area contributed by atoms with Crippen molar-refractivity contribution in [3.05, 3.63) is 54.4 Å². The average Bonchev–Trinajstić information content (AvgIpc) is 3.34. The number of pyridine rings is 1. The van der Waals surface area contributed by atoms with Gasteiger partial charge in [0.15, 0.2) is 5.82 Å². The van der Waals surface area contributed by atoms with Crippen molar-refractivity contribution in [3.63, 3.8) is 0 Å². The smallest absolute Gasteiger partial charge is 0.229 e. The van der Waals surface area contributed by atoms with Gasteiger partial charge in [0.1, 0.15) is 11.5 Å². The number of nitrogens with zero attached hydrogens (tertiary/aromatic N) is 7. The number of carbonyl (C=O) groups is 1. The number of fused-ring (bicyclic) bond motifs is 6. The van der Waals surface area contributed by atoms with Crippen LogP contribution in [0.4, 0.5) is 21.8 Å². The van der Waals surface area contributed by atoms with Crippen LogP contribution in [0.2, 0.25) is 0 Å². The second-order valence-corrected chi connectivity index (χ2v) is 9.91. The van der Waals surface area contributed by atoms with Gasteiger partial charge in [0.2, 0.25) is 11.9 Å². The summed E-state index contributed by atoms with van der Waals surface area (Å²) in [5, 5.41) is 6.20. The molecule has 1 saturated heterocycles. The Morgan fingerprint density at radius 2 is 1.84 bits per heavy atom. The summed E-state index contributed by atoms with van der Waals surface area (Å²) in [5.74, 6) is 0.0440. The van der Waals surface area contributed by atoms with Gasteiger partial charge in [-0.1, -0.05) is 13.0 Å². The van der Waals surface area contributed by atoms with E-state index >= 15 is 0 Å². The molecule has 2 N–H and O–H groups in total. The van der Waals surface area contributed by atoms with Gasteiger partial charge in [0.05, 0.1) is 29.2 Å². The summed E-state index contributed by atoms with van der Waals surface area (Å²) < 4.78 is 16.8. The van der Waals surface area contributed by atoms with Crippen molar-refractivity contribution >= 4 is 34.4 Å². The standard InChI is InChI=1S/C27H30FN9O/c1-3-35-6-8-36(9-7-35)15-19-13-29-24-12-22(19)32-25(38)10-17(2)37-16-31-21-5-4-18(11-23(21)37)26-20(28)14-30-27(33-24)34-26/h4-5,11-14,16-17H,3,6-10,15H2,1-2H3,(H,32,38)(H,29,30,33,34). The lowest BCUT2D eigenvalue weighted by atomic mass is 10.1. The molecule has 5 heterocycles. The highest BCUT2D eigenvalue weighted by Gasteiger charge is 2.21. The molecular formula is C27H30FN9O. The summed E-state index contributed by atoms with van der Waals surface area (Å²) in [6.07, 6.45) is 4.90. The first kappa shape index (κ1) is 24.4. The van der Waals surface area contributed by atoms with E-state index in [0.717, 1.165) is 55.5 Å². The maximum Gasteiger partial charge on any atom is 0.229 e. The molecule has 1 amide bonds. The van der Waals surface area contributed by atoms with Gasteiger partial charge < -0.3 is 20.1 Å². The van der Waals surface area contributed by atoms with E-state index in [9.17, 15) is 9.18 Å². The lowest BCUT2D eigenvalue weighted by molar-refractivity contribution is -0.116. The van der Waals surface area contributed by atoms with E-state index in [1.165, 1.54) is 0 Å². The zero-order valence-electron chi connectivity index (χ0n) is 21.5. The average molecular weight is 516 g/mol. The van der Waals surface area contributed by atoms with E-state index in [2.05, 4.69) is 47.3 Å². The summed E-state index contributed by atoms with van der Waals surface area (Å²) in [6.45, 7) is 9.85. The van der Waals surface area contributed by atoms with Crippen molar-refractivity contribution < 1.29 is 9.18 Å². The van der Waals surface area contributed by atoms with E-state index in [1.54, 1.807) is 24.7 Å². The number of anilines is 3. The molecule has 6 bridgehead atoms. The molecule has 196 valence electrons. The summed E-state index contributed by atoms with van der Waals surface area (Å²) in [6, 6.07) is 7.09. The second-order valence-electron chi connectivity index (χ2n) is 9.91. The minimum Gasteiger partial charge on any atom is -0.327 e. The van der Waals surface area contributed by atoms with Crippen LogP contribution in [0.25, 0.3) is 22.3 Å². The van der Waals surface area contributed by atoms with E-state index in [0.29, 0.717) is 23.6 Å². The second kappa shape index (κ2) is 10.1. The third kappa shape index (κ3) is 4.82. The molecule has 4 aromatic rings. The molecule has 11 heteroatoms. The molecule has 1 aromatic carbocycles. The molecule has 38 heavy (non-hydrogen) atoms. The van der Waals surface area contributed by atoms with Gasteiger partial charge in [-0.2, -0.15) is 0 Å². The number of rotatable bonds is 3. The molecule has 3 aromatic heterocycles. The summed E-state index contributed by atoms with van der Waals surface area (Å²) in [5.41, 5.74) is 3.96. The van der Waals surface area contributed by atoms with Crippen molar-refractivity contribution in [3.8, 4) is 11.3 Å². The Bertz CT molecular complexity index is 1500. The number of imidazole rings is 1. The predicted molar refractivity (Wildman–Crippen MR) is 144 cm³/mol. The number of amides is 1. The SMILES string of the molecule is CCN1CCN(Cc2cnc3cc2NC(=O)CC(C)n2cnc4ccc(cc42)-c2nc(ncc2F)N3)CC1. The molecule has 2 aliphatic rings. The fraction of sp³-hybridized carbons (Fsp3) is 0.370. The van der Waals surface area contributed by atoms with Crippen molar-refractivity contribution in [2.24, 2.45) is 0 Å². The lowest BCUT2D eigenvalue weighted by Gasteiger charge is -2.34. The minimum atomic E-state index is -0.526. The van der Waals surface area contributed by atoms with Crippen LogP contribution in [0.3, 0.4) is 0 Å². The Hall–Kier alpha value is -3.96. The van der Waals surface area contributed by atoms with E-state index in [1.807, 2.05) is 23.6 Å². The molecule has 10 nitrogen and oxygen atoms in total. The highest BCUT2D eigenvalue weighted by Crippen LogP contribution is 2.29. The van der Waals surface area contributed by atoms with Crippen LogP contribution in [0.15, 0.2) is 43.0 Å². The Kier molecular flexibility index (Phi) is 6.46. The number of likely N-dealkylation sites (N-methyl/N-ethyl adjacent to an activating group) is 1. The topological polar surface area (TPSA) is 104 Å². The van der Waals surface area contributed by atoms with Crippen LogP contribution < -0.4 is 10.6 Å². The van der Waals surface area contributed by atoms with Crippen LogP contribution >= 0.6 is 0 Å². The largest absolute Gasteiger partial charge is 0.327 e.